The number of allylic oxidation sites excluding steroid dienone is 1. The van der Waals surface area contributed by atoms with E-state index in [1.807, 2.05) is 44.3 Å². The summed E-state index contributed by atoms with van der Waals surface area (Å²) in [4.78, 5) is 29.7. The summed E-state index contributed by atoms with van der Waals surface area (Å²) in [5, 5.41) is 13.3. The molecule has 6 rings (SSSR count). The first-order valence-electron chi connectivity index (χ1n) is 17.8. The number of sulfonamides is 1. The van der Waals surface area contributed by atoms with Crippen LogP contribution in [0.2, 0.25) is 0 Å². The van der Waals surface area contributed by atoms with Gasteiger partial charge in [-0.3, -0.25) is 0 Å². The molecule has 0 unspecified atom stereocenters. The number of carboxylic acids is 1. The zero-order valence-corrected chi connectivity index (χ0v) is 33.1. The second kappa shape index (κ2) is 18.0. The molecule has 3 N–H and O–H groups in total. The van der Waals surface area contributed by atoms with Crippen molar-refractivity contribution in [3.8, 4) is 17.1 Å². The third-order valence-corrected chi connectivity index (χ3v) is 10.8. The van der Waals surface area contributed by atoms with Crippen LogP contribution in [0.5, 0.6) is 5.88 Å². The zero-order valence-electron chi connectivity index (χ0n) is 32.3. The van der Waals surface area contributed by atoms with E-state index in [1.54, 1.807) is 6.07 Å². The molecule has 2 aromatic carbocycles. The molecule has 1 aliphatic heterocycles. The van der Waals surface area contributed by atoms with E-state index in [-0.39, 0.29) is 66.1 Å². The summed E-state index contributed by atoms with van der Waals surface area (Å²) in [5.41, 5.74) is 4.49. The molecule has 1 saturated carbocycles. The van der Waals surface area contributed by atoms with E-state index >= 15 is 0 Å². The molecule has 1 saturated heterocycles. The van der Waals surface area contributed by atoms with Gasteiger partial charge in [-0.15, -0.1) is 5.41 Å². The molecule has 0 amide bonds. The van der Waals surface area contributed by atoms with Crippen molar-refractivity contribution in [3.63, 3.8) is 0 Å². The van der Waals surface area contributed by atoms with Crippen LogP contribution in [0.1, 0.15) is 98.2 Å². The third kappa shape index (κ3) is 11.2. The molecule has 54 heavy (non-hydrogen) atoms. The topological polar surface area (TPSA) is 156 Å². The van der Waals surface area contributed by atoms with Crippen LogP contribution in [0.4, 0.5) is 5.95 Å². The Balaban J connectivity index is 0.00000325. The molecule has 282 valence electrons. The summed E-state index contributed by atoms with van der Waals surface area (Å²) in [6.45, 7) is 10.5. The van der Waals surface area contributed by atoms with Crippen molar-refractivity contribution in [2.75, 3.05) is 11.3 Å². The quantitative estimate of drug-likeness (QED) is 0.136. The van der Waals surface area contributed by atoms with Crippen LogP contribution in [0.15, 0.2) is 59.6 Å². The van der Waals surface area contributed by atoms with Gasteiger partial charge in [0.05, 0.1) is 16.2 Å². The maximum absolute atomic E-state index is 13.5. The zero-order chi connectivity index (χ0) is 37.0. The summed E-state index contributed by atoms with van der Waals surface area (Å²) in [5.74, 6) is -0.0983. The van der Waals surface area contributed by atoms with Gasteiger partial charge < -0.3 is 44.7 Å². The summed E-state index contributed by atoms with van der Waals surface area (Å²) < 4.78 is 35.9. The molecule has 3 atom stereocenters. The molecule has 13 heteroatoms. The number of nitrogens with one attached hydrogen (secondary N) is 2. The molecule has 3 heterocycles. The predicted octanol–water partition coefficient (Wildman–Crippen LogP) is 4.84. The van der Waals surface area contributed by atoms with Crippen molar-refractivity contribution in [1.82, 2.24) is 25.3 Å². The molecule has 0 bridgehead atoms. The third-order valence-electron chi connectivity index (χ3n) is 9.49. The number of aromatic carboxylic acids is 1. The maximum atomic E-state index is 13.5. The van der Waals surface area contributed by atoms with Gasteiger partial charge in [0.15, 0.2) is 0 Å². The Bertz CT molecular complexity index is 2030. The number of benzene rings is 2. The van der Waals surface area contributed by atoms with Crippen molar-refractivity contribution in [3.05, 3.63) is 103 Å². The van der Waals surface area contributed by atoms with Gasteiger partial charge in [0.1, 0.15) is 6.61 Å². The van der Waals surface area contributed by atoms with Gasteiger partial charge in [0, 0.05) is 23.7 Å². The number of aryl methyl sites for hydroxylation is 2. The van der Waals surface area contributed by atoms with Gasteiger partial charge in [0.2, 0.25) is 11.8 Å². The molecule has 2 fully saturated rings. The van der Waals surface area contributed by atoms with Gasteiger partial charge in [-0.25, -0.2) is 22.9 Å². The van der Waals surface area contributed by atoms with Crippen LogP contribution in [0.3, 0.4) is 0 Å². The molecular weight excluding hydrogens is 695 g/mol. The van der Waals surface area contributed by atoms with E-state index in [1.165, 1.54) is 31.0 Å². The van der Waals surface area contributed by atoms with Crippen LogP contribution in [0.25, 0.3) is 17.3 Å². The van der Waals surface area contributed by atoms with E-state index in [9.17, 15) is 18.3 Å². The fourth-order valence-electron chi connectivity index (χ4n) is 6.62. The molecule has 4 aromatic rings. The van der Waals surface area contributed by atoms with E-state index in [0.29, 0.717) is 23.9 Å². The first-order chi connectivity index (χ1) is 24.7. The number of carboxylic acid groups (broad SMARTS) is 1. The van der Waals surface area contributed by atoms with Crippen LogP contribution in [-0.2, 0) is 10.0 Å². The first kappa shape index (κ1) is 42.7. The fourth-order valence-corrected chi connectivity index (χ4v) is 7.61. The van der Waals surface area contributed by atoms with Crippen molar-refractivity contribution >= 4 is 28.0 Å². The number of aromatic nitrogens is 4. The Morgan fingerprint density at radius 1 is 1.07 bits per heavy atom. The number of ether oxygens (including phenoxy) is 1. The average molecular weight is 745 g/mol. The Morgan fingerprint density at radius 3 is 2.44 bits per heavy atom. The molecule has 11 nitrogen and oxygen atoms in total. The smallest absolute Gasteiger partial charge is 0.478 e. The van der Waals surface area contributed by atoms with Crippen LogP contribution >= 0.6 is 0 Å². The monoisotopic (exact) mass is 744 g/mol. The molecule has 2 aliphatic rings. The minimum absolute atomic E-state index is 0. The average Bonchev–Trinajstić information content (AvgIpc) is 3.94. The number of nitrogens with zero attached hydrogens (tertiary/aromatic N) is 4. The summed E-state index contributed by atoms with van der Waals surface area (Å²) in [6.07, 6.45) is 16.6. The number of rotatable bonds is 12. The van der Waals surface area contributed by atoms with E-state index < -0.39 is 16.0 Å². The van der Waals surface area contributed by atoms with Crippen LogP contribution in [-0.4, -0.2) is 52.1 Å². The van der Waals surface area contributed by atoms with Crippen LogP contribution in [0, 0.1) is 50.8 Å². The Morgan fingerprint density at radius 2 is 1.80 bits per heavy atom. The van der Waals surface area contributed by atoms with Gasteiger partial charge in [-0.2, -0.15) is 16.9 Å². The van der Waals surface area contributed by atoms with E-state index in [2.05, 4.69) is 63.0 Å². The molecular formula is C41H49LiN6O5S-2. The Labute approximate surface area is 332 Å². The normalized spacial score (nSPS) is 18.9. The second-order valence-electron chi connectivity index (χ2n) is 15.0. The minimum Gasteiger partial charge on any atom is -0.478 e. The Kier molecular flexibility index (Phi) is 14.2. The molecule has 1 aliphatic carbocycles. The molecule has 2 aromatic heterocycles. The first-order valence-corrected chi connectivity index (χ1v) is 19.3. The van der Waals surface area contributed by atoms with Crippen LogP contribution < -0.4 is 33.6 Å². The SMILES string of the molecule is Cc1cccc(C)c1-c1cc(OC[C@@H]2N[C@H](c3cnc(C=[C-]C(C)(C)C)[c-]n3)CCC[C@H]2CC2CC2)nc(NS(=O)(=O)c2cccc(C(=O)O)c2)n1.[CH3-].[Li+]. The van der Waals surface area contributed by atoms with Gasteiger partial charge in [0.25, 0.3) is 10.0 Å². The number of hydrogen-bond donors (Lipinski definition) is 3. The largest absolute Gasteiger partial charge is 1.00 e. The van der Waals surface area contributed by atoms with Crippen molar-refractivity contribution < 1.29 is 41.9 Å². The van der Waals surface area contributed by atoms with Crippen molar-refractivity contribution in [2.24, 2.45) is 17.3 Å². The summed E-state index contributed by atoms with van der Waals surface area (Å²) in [7, 11) is -4.24. The second-order valence-corrected chi connectivity index (χ2v) is 16.6. The maximum Gasteiger partial charge on any atom is 1.00 e. The standard InChI is InChI=1S/C40H46N6O5S.CH3.Li/c1-25-9-6-10-26(2)37(25)33-21-36(45-39(44-33)46-52(49,50)31-13-7-12-29(20-31)38(47)48)51-24-35-28(19-27-15-16-27)11-8-14-32(43-35)34-23-41-30(22-42-34)17-18-40(3,4)5;;/h6-7,9-10,12-13,17,20-21,23,27-28,32,35,43H,8,11,14-16,19,24H2,1-5H3,(H,47,48)(H,44,45,46);1H3;/q-2;-1;+1/t28-,32-,35-;;/m0../s1. The van der Waals surface area contributed by atoms with Gasteiger partial charge in [-0.05, 0) is 86.2 Å². The number of carbonyl (C=O) groups is 1. The Hall–Kier alpha value is -4.08. The fraction of sp³-hybridized carbons (Fsp3) is 0.415. The predicted molar refractivity (Wildman–Crippen MR) is 205 cm³/mol. The molecule has 0 spiro atoms. The van der Waals surface area contributed by atoms with Crippen molar-refractivity contribution in [1.29, 1.82) is 0 Å². The van der Waals surface area contributed by atoms with Gasteiger partial charge >= 0.3 is 24.8 Å². The van der Waals surface area contributed by atoms with E-state index in [4.69, 9.17) is 4.74 Å². The summed E-state index contributed by atoms with van der Waals surface area (Å²) in [6, 6.07) is 12.7. The van der Waals surface area contributed by atoms with Gasteiger partial charge in [-0.1, -0.05) is 64.3 Å². The van der Waals surface area contributed by atoms with Crippen molar-refractivity contribution in [2.45, 2.75) is 90.1 Å². The number of hydrogen-bond acceptors (Lipinski definition) is 9. The summed E-state index contributed by atoms with van der Waals surface area (Å²) >= 11 is 0. The van der Waals surface area contributed by atoms with E-state index in [0.717, 1.165) is 60.1 Å². The number of anilines is 1. The molecule has 0 radical (unpaired) electrons. The minimum atomic E-state index is -4.24.